The van der Waals surface area contributed by atoms with Gasteiger partial charge in [-0.25, -0.2) is 0 Å². The first-order valence-electron chi connectivity index (χ1n) is 10.6. The second kappa shape index (κ2) is 11.0. The normalized spacial score (nSPS) is 20.0. The van der Waals surface area contributed by atoms with Gasteiger partial charge in [-0.1, -0.05) is 32.1 Å². The number of hydrogen-bond acceptors (Lipinski definition) is 4. The van der Waals surface area contributed by atoms with Crippen molar-refractivity contribution in [3.63, 3.8) is 0 Å². The van der Waals surface area contributed by atoms with Gasteiger partial charge in [0.05, 0.1) is 19.8 Å². The van der Waals surface area contributed by atoms with Gasteiger partial charge in [0, 0.05) is 32.2 Å². The summed E-state index contributed by atoms with van der Waals surface area (Å²) in [6.45, 7) is 8.34. The van der Waals surface area contributed by atoms with Crippen molar-refractivity contribution in [3.05, 3.63) is 23.7 Å². The maximum atomic E-state index is 5.84. The van der Waals surface area contributed by atoms with E-state index in [1.54, 1.807) is 0 Å². The highest BCUT2D eigenvalue weighted by molar-refractivity contribution is 7.80. The summed E-state index contributed by atoms with van der Waals surface area (Å²) in [4.78, 5) is 4.74. The lowest BCUT2D eigenvalue weighted by Gasteiger charge is -2.32. The molecule has 1 saturated heterocycles. The van der Waals surface area contributed by atoms with E-state index in [1.165, 1.54) is 44.9 Å². The van der Waals surface area contributed by atoms with Gasteiger partial charge in [-0.2, -0.15) is 0 Å². The molecule has 0 spiro atoms. The van der Waals surface area contributed by atoms with Crippen LogP contribution in [0.25, 0.3) is 0 Å². The second-order valence-corrected chi connectivity index (χ2v) is 8.27. The quantitative estimate of drug-likeness (QED) is 0.743. The maximum absolute atomic E-state index is 5.84. The molecule has 0 radical (unpaired) electrons. The zero-order valence-corrected chi connectivity index (χ0v) is 17.6. The molecule has 1 N–H and O–H groups in total. The van der Waals surface area contributed by atoms with Gasteiger partial charge in [-0.3, -0.25) is 4.90 Å². The highest BCUT2D eigenvalue weighted by atomic mass is 32.1. The standard InChI is InChI=1S/C21H35N3O2S/c1-18-9-10-20(26-18)17-24(12-11-23-13-15-25-16-14-23)21(27)22-19-7-5-3-2-4-6-8-19/h9-10,19H,2-8,11-17H2,1H3,(H,22,27). The first-order valence-corrected chi connectivity index (χ1v) is 11.0. The second-order valence-electron chi connectivity index (χ2n) is 7.88. The van der Waals surface area contributed by atoms with Crippen LogP contribution in [-0.2, 0) is 11.3 Å². The Hall–Kier alpha value is -1.11. The zero-order chi connectivity index (χ0) is 18.9. The number of nitrogens with one attached hydrogen (secondary N) is 1. The van der Waals surface area contributed by atoms with Crippen LogP contribution in [0.1, 0.15) is 56.5 Å². The van der Waals surface area contributed by atoms with E-state index in [4.69, 9.17) is 21.4 Å². The highest BCUT2D eigenvalue weighted by Crippen LogP contribution is 2.18. The van der Waals surface area contributed by atoms with Crippen LogP contribution in [0.2, 0.25) is 0 Å². The Labute approximate surface area is 169 Å². The molecule has 3 rings (SSSR count). The summed E-state index contributed by atoms with van der Waals surface area (Å²) in [5.74, 6) is 1.94. The van der Waals surface area contributed by atoms with E-state index in [0.29, 0.717) is 6.04 Å². The molecular weight excluding hydrogens is 358 g/mol. The van der Waals surface area contributed by atoms with Crippen molar-refractivity contribution in [2.45, 2.75) is 64.5 Å². The van der Waals surface area contributed by atoms with Gasteiger partial charge in [0.1, 0.15) is 11.5 Å². The molecule has 2 aliphatic rings. The summed E-state index contributed by atoms with van der Waals surface area (Å²) in [7, 11) is 0. The number of hydrogen-bond donors (Lipinski definition) is 1. The van der Waals surface area contributed by atoms with Gasteiger partial charge < -0.3 is 19.4 Å². The van der Waals surface area contributed by atoms with Crippen LogP contribution in [0.5, 0.6) is 0 Å². The number of morpholine rings is 1. The Kier molecular flexibility index (Phi) is 8.42. The van der Waals surface area contributed by atoms with E-state index in [2.05, 4.69) is 21.2 Å². The molecule has 1 aromatic heterocycles. The molecule has 27 heavy (non-hydrogen) atoms. The molecule has 2 heterocycles. The van der Waals surface area contributed by atoms with Gasteiger partial charge in [-0.05, 0) is 44.1 Å². The van der Waals surface area contributed by atoms with E-state index in [1.807, 2.05) is 13.0 Å². The number of rotatable bonds is 6. The molecule has 6 heteroatoms. The summed E-state index contributed by atoms with van der Waals surface area (Å²) >= 11 is 5.84. The van der Waals surface area contributed by atoms with Crippen molar-refractivity contribution in [2.75, 3.05) is 39.4 Å². The maximum Gasteiger partial charge on any atom is 0.169 e. The smallest absolute Gasteiger partial charge is 0.169 e. The fraction of sp³-hybridized carbons (Fsp3) is 0.762. The number of thiocarbonyl (C=S) groups is 1. The third-order valence-corrected chi connectivity index (χ3v) is 6.03. The van der Waals surface area contributed by atoms with Crippen LogP contribution in [0.3, 0.4) is 0 Å². The molecule has 0 aromatic carbocycles. The average molecular weight is 394 g/mol. The molecule has 5 nitrogen and oxygen atoms in total. The van der Waals surface area contributed by atoms with Crippen molar-refractivity contribution in [2.24, 2.45) is 0 Å². The molecule has 1 aromatic rings. The number of furan rings is 1. The predicted octanol–water partition coefficient (Wildman–Crippen LogP) is 3.71. The molecule has 0 atom stereocenters. The topological polar surface area (TPSA) is 40.9 Å². The molecule has 1 saturated carbocycles. The summed E-state index contributed by atoms with van der Waals surface area (Å²) in [6.07, 6.45) is 9.20. The summed E-state index contributed by atoms with van der Waals surface area (Å²) in [6, 6.07) is 4.61. The first kappa shape index (κ1) is 20.6. The minimum atomic E-state index is 0.516. The number of nitrogens with zero attached hydrogens (tertiary/aromatic N) is 2. The van der Waals surface area contributed by atoms with Crippen molar-refractivity contribution >= 4 is 17.3 Å². The summed E-state index contributed by atoms with van der Waals surface area (Å²) in [5, 5.41) is 4.55. The van der Waals surface area contributed by atoms with Gasteiger partial charge in [0.25, 0.3) is 0 Å². The lowest BCUT2D eigenvalue weighted by molar-refractivity contribution is 0.0355. The van der Waals surface area contributed by atoms with Crippen molar-refractivity contribution in [1.82, 2.24) is 15.1 Å². The van der Waals surface area contributed by atoms with Gasteiger partial charge in [0.15, 0.2) is 5.11 Å². The van der Waals surface area contributed by atoms with E-state index < -0.39 is 0 Å². The third kappa shape index (κ3) is 7.09. The van der Waals surface area contributed by atoms with Crippen LogP contribution in [-0.4, -0.2) is 60.3 Å². The summed E-state index contributed by atoms with van der Waals surface area (Å²) in [5.41, 5.74) is 0. The summed E-state index contributed by atoms with van der Waals surface area (Å²) < 4.78 is 11.3. The van der Waals surface area contributed by atoms with Gasteiger partial charge >= 0.3 is 0 Å². The van der Waals surface area contributed by atoms with E-state index in [0.717, 1.165) is 62.6 Å². The van der Waals surface area contributed by atoms with E-state index >= 15 is 0 Å². The first-order chi connectivity index (χ1) is 13.2. The van der Waals surface area contributed by atoms with Crippen LogP contribution in [0, 0.1) is 6.92 Å². The lowest BCUT2D eigenvalue weighted by atomic mass is 9.97. The molecule has 0 unspecified atom stereocenters. The fourth-order valence-corrected chi connectivity index (χ4v) is 4.29. The molecule has 1 aliphatic carbocycles. The molecule has 1 aliphatic heterocycles. The Balaban J connectivity index is 1.57. The minimum Gasteiger partial charge on any atom is -0.464 e. The van der Waals surface area contributed by atoms with E-state index in [9.17, 15) is 0 Å². The highest BCUT2D eigenvalue weighted by Gasteiger charge is 2.19. The van der Waals surface area contributed by atoms with Crippen LogP contribution in [0.4, 0.5) is 0 Å². The van der Waals surface area contributed by atoms with Crippen LogP contribution < -0.4 is 5.32 Å². The molecule has 0 bridgehead atoms. The Bertz CT molecular complexity index is 564. The van der Waals surface area contributed by atoms with Crippen LogP contribution >= 0.6 is 12.2 Å². The predicted molar refractivity (Wildman–Crippen MR) is 113 cm³/mol. The van der Waals surface area contributed by atoms with Crippen molar-refractivity contribution < 1.29 is 9.15 Å². The number of ether oxygens (including phenoxy) is 1. The Morgan fingerprint density at radius 1 is 1.15 bits per heavy atom. The number of aryl methyl sites for hydroxylation is 1. The van der Waals surface area contributed by atoms with E-state index in [-0.39, 0.29) is 0 Å². The van der Waals surface area contributed by atoms with Crippen LogP contribution in [0.15, 0.2) is 16.5 Å². The monoisotopic (exact) mass is 393 g/mol. The van der Waals surface area contributed by atoms with Crippen molar-refractivity contribution in [1.29, 1.82) is 0 Å². The average Bonchev–Trinajstić information content (AvgIpc) is 3.06. The van der Waals surface area contributed by atoms with Crippen molar-refractivity contribution in [3.8, 4) is 0 Å². The Morgan fingerprint density at radius 2 is 1.85 bits per heavy atom. The Morgan fingerprint density at radius 3 is 2.52 bits per heavy atom. The molecule has 2 fully saturated rings. The third-order valence-electron chi connectivity index (χ3n) is 5.65. The minimum absolute atomic E-state index is 0.516. The fourth-order valence-electron chi connectivity index (χ4n) is 3.96. The molecule has 152 valence electrons. The molecule has 0 amide bonds. The largest absolute Gasteiger partial charge is 0.464 e. The molecular formula is C21H35N3O2S. The zero-order valence-electron chi connectivity index (χ0n) is 16.8. The van der Waals surface area contributed by atoms with Gasteiger partial charge in [0.2, 0.25) is 0 Å². The SMILES string of the molecule is Cc1ccc(CN(CCN2CCOCC2)C(=S)NC2CCCCCCC2)o1. The lowest BCUT2D eigenvalue weighted by Crippen LogP contribution is -2.48. The van der Waals surface area contributed by atoms with Gasteiger partial charge in [-0.15, -0.1) is 0 Å².